The molecular formula is C11H8F2N. The first-order chi connectivity index (χ1) is 6.68. The molecule has 0 saturated carbocycles. The topological polar surface area (TPSA) is 4.93 Å². The molecule has 2 aromatic rings. The van der Waals surface area contributed by atoms with Gasteiger partial charge in [0.15, 0.2) is 0 Å². The van der Waals surface area contributed by atoms with Crippen molar-refractivity contribution >= 4 is 0 Å². The molecular weight excluding hydrogens is 184 g/mol. The lowest BCUT2D eigenvalue weighted by Gasteiger charge is -2.04. The first-order valence-electron chi connectivity index (χ1n) is 4.17. The van der Waals surface area contributed by atoms with E-state index in [2.05, 4.69) is 6.20 Å². The van der Waals surface area contributed by atoms with E-state index in [1.807, 2.05) is 0 Å². The van der Waals surface area contributed by atoms with Gasteiger partial charge in [0.25, 0.3) is 0 Å². The molecule has 1 nitrogen and oxygen atoms in total. The minimum atomic E-state index is -0.442. The summed E-state index contributed by atoms with van der Waals surface area (Å²) in [5.74, 6) is -0.871. The Kier molecular flexibility index (Phi) is 2.08. The predicted molar refractivity (Wildman–Crippen MR) is 49.6 cm³/mol. The number of hydrogen-bond acceptors (Lipinski definition) is 0. The molecule has 1 radical (unpaired) electrons. The molecule has 14 heavy (non-hydrogen) atoms. The fourth-order valence-electron chi connectivity index (χ4n) is 1.37. The average Bonchev–Trinajstić information content (AvgIpc) is 2.56. The van der Waals surface area contributed by atoms with E-state index >= 15 is 0 Å². The van der Waals surface area contributed by atoms with E-state index < -0.39 is 11.6 Å². The number of aromatic nitrogens is 1. The van der Waals surface area contributed by atoms with Crippen LogP contribution < -0.4 is 0 Å². The van der Waals surface area contributed by atoms with Crippen LogP contribution in [0.5, 0.6) is 0 Å². The van der Waals surface area contributed by atoms with Crippen molar-refractivity contribution < 1.29 is 8.78 Å². The van der Waals surface area contributed by atoms with Gasteiger partial charge in [-0.2, -0.15) is 0 Å². The third-order valence-corrected chi connectivity index (χ3v) is 2.08. The maximum atomic E-state index is 13.3. The lowest BCUT2D eigenvalue weighted by atomic mass is 10.1. The van der Waals surface area contributed by atoms with Crippen molar-refractivity contribution in [3.05, 3.63) is 48.2 Å². The summed E-state index contributed by atoms with van der Waals surface area (Å²) < 4.78 is 27.8. The molecule has 2 rings (SSSR count). The summed E-state index contributed by atoms with van der Waals surface area (Å²) >= 11 is 0. The van der Waals surface area contributed by atoms with Crippen molar-refractivity contribution in [2.45, 2.75) is 0 Å². The second-order valence-electron chi connectivity index (χ2n) is 3.03. The zero-order chi connectivity index (χ0) is 10.1. The average molecular weight is 192 g/mol. The van der Waals surface area contributed by atoms with Crippen LogP contribution in [0.2, 0.25) is 0 Å². The van der Waals surface area contributed by atoms with Gasteiger partial charge in [-0.05, 0) is 30.3 Å². The monoisotopic (exact) mass is 192 g/mol. The Morgan fingerprint density at radius 3 is 2.64 bits per heavy atom. The van der Waals surface area contributed by atoms with Crippen LogP contribution in [0.15, 0.2) is 30.3 Å². The fourth-order valence-corrected chi connectivity index (χ4v) is 1.37. The summed E-state index contributed by atoms with van der Waals surface area (Å²) in [5, 5.41) is 0. The lowest BCUT2D eigenvalue weighted by molar-refractivity contribution is 0.602. The van der Waals surface area contributed by atoms with Crippen molar-refractivity contribution in [1.29, 1.82) is 0 Å². The number of nitrogens with zero attached hydrogens (tertiary/aromatic N) is 1. The summed E-state index contributed by atoms with van der Waals surface area (Å²) in [6.45, 7) is 0. The predicted octanol–water partition coefficient (Wildman–Crippen LogP) is 2.77. The molecule has 0 aliphatic rings. The first kappa shape index (κ1) is 8.94. The highest BCUT2D eigenvalue weighted by Crippen LogP contribution is 2.23. The Morgan fingerprint density at radius 2 is 2.00 bits per heavy atom. The number of benzene rings is 1. The minimum absolute atomic E-state index is 0.258. The van der Waals surface area contributed by atoms with Gasteiger partial charge < -0.3 is 4.57 Å². The molecule has 1 aromatic heterocycles. The van der Waals surface area contributed by atoms with E-state index in [9.17, 15) is 8.78 Å². The van der Waals surface area contributed by atoms with Crippen molar-refractivity contribution in [3.8, 4) is 11.3 Å². The standard InChI is InChI=1S/C11H8F2N/c1-14-6-2-3-11(14)9-7-8(12)4-5-10(9)13/h2-5,7H,1H3. The van der Waals surface area contributed by atoms with E-state index in [1.54, 1.807) is 23.7 Å². The molecule has 0 spiro atoms. The maximum absolute atomic E-state index is 13.3. The number of aryl methyl sites for hydroxylation is 1. The largest absolute Gasteiger partial charge is 0.342 e. The van der Waals surface area contributed by atoms with Crippen LogP contribution in [0.3, 0.4) is 0 Å². The minimum Gasteiger partial charge on any atom is -0.342 e. The number of halogens is 2. The van der Waals surface area contributed by atoms with Gasteiger partial charge in [0.1, 0.15) is 11.6 Å². The molecule has 71 valence electrons. The van der Waals surface area contributed by atoms with E-state index in [1.165, 1.54) is 6.07 Å². The zero-order valence-electron chi connectivity index (χ0n) is 7.59. The molecule has 0 unspecified atom stereocenters. The van der Waals surface area contributed by atoms with Gasteiger partial charge in [0, 0.05) is 12.6 Å². The van der Waals surface area contributed by atoms with Gasteiger partial charge in [-0.1, -0.05) is 0 Å². The van der Waals surface area contributed by atoms with Crippen molar-refractivity contribution in [1.82, 2.24) is 4.57 Å². The fraction of sp³-hybridized carbons (Fsp3) is 0.0909. The summed E-state index contributed by atoms with van der Waals surface area (Å²) in [6.07, 6.45) is 2.84. The van der Waals surface area contributed by atoms with Gasteiger partial charge in [-0.25, -0.2) is 8.78 Å². The summed E-state index contributed by atoms with van der Waals surface area (Å²) in [6, 6.07) is 6.76. The zero-order valence-corrected chi connectivity index (χ0v) is 7.59. The molecule has 1 heterocycles. The van der Waals surface area contributed by atoms with E-state index in [0.717, 1.165) is 12.1 Å². The Hall–Kier alpha value is -1.64. The van der Waals surface area contributed by atoms with E-state index in [4.69, 9.17) is 0 Å². The van der Waals surface area contributed by atoms with Crippen LogP contribution >= 0.6 is 0 Å². The summed E-state index contributed by atoms with van der Waals surface area (Å²) in [4.78, 5) is 0. The second kappa shape index (κ2) is 3.25. The van der Waals surface area contributed by atoms with Crippen LogP contribution in [-0.2, 0) is 7.05 Å². The molecule has 0 atom stereocenters. The normalized spacial score (nSPS) is 10.5. The van der Waals surface area contributed by atoms with Crippen LogP contribution in [-0.4, -0.2) is 4.57 Å². The maximum Gasteiger partial charge on any atom is 0.132 e. The highest BCUT2D eigenvalue weighted by Gasteiger charge is 2.08. The Bertz CT molecular complexity index is 460. The van der Waals surface area contributed by atoms with Crippen LogP contribution in [0, 0.1) is 17.8 Å². The third-order valence-electron chi connectivity index (χ3n) is 2.08. The van der Waals surface area contributed by atoms with Crippen molar-refractivity contribution in [3.63, 3.8) is 0 Å². The van der Waals surface area contributed by atoms with Gasteiger partial charge in [-0.3, -0.25) is 0 Å². The molecule has 0 N–H and O–H groups in total. The van der Waals surface area contributed by atoms with Crippen molar-refractivity contribution in [2.75, 3.05) is 0 Å². The van der Waals surface area contributed by atoms with E-state index in [-0.39, 0.29) is 5.56 Å². The van der Waals surface area contributed by atoms with Gasteiger partial charge in [0.2, 0.25) is 0 Å². The lowest BCUT2D eigenvalue weighted by Crippen LogP contribution is -1.93. The Labute approximate surface area is 80.6 Å². The SMILES string of the molecule is Cn1[c]ccc1-c1cc(F)ccc1F. The number of rotatable bonds is 1. The molecule has 0 aliphatic heterocycles. The smallest absolute Gasteiger partial charge is 0.132 e. The van der Waals surface area contributed by atoms with Crippen LogP contribution in [0.4, 0.5) is 8.78 Å². The van der Waals surface area contributed by atoms with Crippen LogP contribution in [0.25, 0.3) is 11.3 Å². The summed E-state index contributed by atoms with van der Waals surface area (Å²) in [5.41, 5.74) is 0.871. The third kappa shape index (κ3) is 1.41. The summed E-state index contributed by atoms with van der Waals surface area (Å²) in [7, 11) is 1.74. The molecule has 3 heteroatoms. The van der Waals surface area contributed by atoms with E-state index in [0.29, 0.717) is 5.69 Å². The quantitative estimate of drug-likeness (QED) is 0.654. The van der Waals surface area contributed by atoms with Crippen molar-refractivity contribution in [2.24, 2.45) is 7.05 Å². The molecule has 0 aliphatic carbocycles. The highest BCUT2D eigenvalue weighted by molar-refractivity contribution is 5.60. The molecule has 0 bridgehead atoms. The van der Waals surface area contributed by atoms with Gasteiger partial charge >= 0.3 is 0 Å². The van der Waals surface area contributed by atoms with Gasteiger partial charge in [0.05, 0.1) is 11.9 Å². The Balaban J connectivity index is 2.62. The first-order valence-corrected chi connectivity index (χ1v) is 4.17. The second-order valence-corrected chi connectivity index (χ2v) is 3.03. The molecule has 0 saturated heterocycles. The number of hydrogen-bond donors (Lipinski definition) is 0. The molecule has 1 aromatic carbocycles. The van der Waals surface area contributed by atoms with Crippen LogP contribution in [0.1, 0.15) is 0 Å². The molecule has 0 amide bonds. The molecule has 0 fully saturated rings. The Morgan fingerprint density at radius 1 is 1.21 bits per heavy atom. The van der Waals surface area contributed by atoms with Gasteiger partial charge in [-0.15, -0.1) is 0 Å². The highest BCUT2D eigenvalue weighted by atomic mass is 19.1.